The number of aliphatic hydroxyl groups excluding tert-OH is 1. The third kappa shape index (κ3) is 6.11. The lowest BCUT2D eigenvalue weighted by atomic mass is 10.1. The zero-order valence-electron chi connectivity index (χ0n) is 12.0. The van der Waals surface area contributed by atoms with Crippen molar-refractivity contribution in [2.75, 3.05) is 18.6 Å². The van der Waals surface area contributed by atoms with Gasteiger partial charge in [0.15, 0.2) is 0 Å². The molecule has 2 atom stereocenters. The molecule has 0 aromatic heterocycles. The predicted molar refractivity (Wildman–Crippen MR) is 85.4 cm³/mol. The number of amides is 2. The molecule has 0 heterocycles. The number of aliphatic hydroxyl groups is 1. The Labute approximate surface area is 133 Å². The normalized spacial score (nSPS) is 13.6. The summed E-state index contributed by atoms with van der Waals surface area (Å²) in [5.74, 6) is 0.241. The minimum atomic E-state index is -0.486. The van der Waals surface area contributed by atoms with Crippen molar-refractivity contribution in [3.05, 3.63) is 34.6 Å². The lowest BCUT2D eigenvalue weighted by Crippen LogP contribution is -2.44. The first kappa shape index (κ1) is 18.1. The molecule has 21 heavy (non-hydrogen) atoms. The highest BCUT2D eigenvalue weighted by atomic mass is 35.5. The van der Waals surface area contributed by atoms with Gasteiger partial charge in [-0.25, -0.2) is 9.18 Å². The lowest BCUT2D eigenvalue weighted by Gasteiger charge is -2.20. The van der Waals surface area contributed by atoms with Crippen LogP contribution in [0, 0.1) is 5.82 Å². The zero-order valence-corrected chi connectivity index (χ0v) is 13.6. The first-order chi connectivity index (χ1) is 9.97. The summed E-state index contributed by atoms with van der Waals surface area (Å²) in [5.41, 5.74) is 0.722. The molecule has 0 saturated heterocycles. The van der Waals surface area contributed by atoms with Crippen LogP contribution < -0.4 is 10.6 Å². The SMILES string of the molecule is CSCC(CCO)NC(=O)NC(C)c1ccc(F)c(Cl)c1. The average Bonchev–Trinajstić information content (AvgIpc) is 2.42. The Bertz CT molecular complexity index is 470. The maximum atomic E-state index is 13.1. The van der Waals surface area contributed by atoms with Crippen LogP contribution in [0.25, 0.3) is 0 Å². The van der Waals surface area contributed by atoms with Crippen molar-refractivity contribution in [2.24, 2.45) is 0 Å². The third-order valence-electron chi connectivity index (χ3n) is 2.97. The van der Waals surface area contributed by atoms with Crippen molar-refractivity contribution in [3.63, 3.8) is 0 Å². The molecular formula is C14H20ClFN2O2S. The molecule has 118 valence electrons. The first-order valence-electron chi connectivity index (χ1n) is 6.59. The molecule has 0 aliphatic rings. The molecule has 1 aromatic rings. The standard InChI is InChI=1S/C14H20ClFN2O2S/c1-9(10-3-4-13(16)12(15)7-10)17-14(20)18-11(5-6-19)8-21-2/h3-4,7,9,11,19H,5-6,8H2,1-2H3,(H2,17,18,20). The number of benzene rings is 1. The van der Waals surface area contributed by atoms with Crippen LogP contribution in [0.5, 0.6) is 0 Å². The average molecular weight is 335 g/mol. The van der Waals surface area contributed by atoms with E-state index in [1.54, 1.807) is 24.8 Å². The number of hydrogen-bond acceptors (Lipinski definition) is 3. The number of nitrogens with one attached hydrogen (secondary N) is 2. The number of urea groups is 1. The van der Waals surface area contributed by atoms with E-state index < -0.39 is 5.82 Å². The van der Waals surface area contributed by atoms with Crippen molar-refractivity contribution in [2.45, 2.75) is 25.4 Å². The van der Waals surface area contributed by atoms with Gasteiger partial charge in [0, 0.05) is 18.4 Å². The number of rotatable bonds is 7. The van der Waals surface area contributed by atoms with Crippen LogP contribution in [0.1, 0.15) is 24.9 Å². The van der Waals surface area contributed by atoms with Gasteiger partial charge in [-0.1, -0.05) is 17.7 Å². The van der Waals surface area contributed by atoms with Crippen molar-refractivity contribution < 1.29 is 14.3 Å². The highest BCUT2D eigenvalue weighted by Gasteiger charge is 2.15. The molecule has 0 fully saturated rings. The van der Waals surface area contributed by atoms with E-state index in [0.29, 0.717) is 6.42 Å². The molecule has 1 aromatic carbocycles. The Morgan fingerprint density at radius 3 is 2.76 bits per heavy atom. The van der Waals surface area contributed by atoms with Crippen LogP contribution in [-0.4, -0.2) is 35.8 Å². The molecule has 7 heteroatoms. The van der Waals surface area contributed by atoms with Crippen LogP contribution >= 0.6 is 23.4 Å². The molecule has 2 unspecified atom stereocenters. The van der Waals surface area contributed by atoms with E-state index in [1.165, 1.54) is 12.1 Å². The van der Waals surface area contributed by atoms with Crippen molar-refractivity contribution in [1.82, 2.24) is 10.6 Å². The Balaban J connectivity index is 2.58. The Hall–Kier alpha value is -0.980. The summed E-state index contributed by atoms with van der Waals surface area (Å²) in [6.45, 7) is 1.81. The minimum Gasteiger partial charge on any atom is -0.396 e. The van der Waals surface area contributed by atoms with Gasteiger partial charge < -0.3 is 15.7 Å². The summed E-state index contributed by atoms with van der Waals surface area (Å²) >= 11 is 7.33. The Morgan fingerprint density at radius 2 is 2.19 bits per heavy atom. The Morgan fingerprint density at radius 1 is 1.48 bits per heavy atom. The zero-order chi connectivity index (χ0) is 15.8. The quantitative estimate of drug-likeness (QED) is 0.718. The van der Waals surface area contributed by atoms with Gasteiger partial charge in [0.1, 0.15) is 5.82 Å². The van der Waals surface area contributed by atoms with Crippen molar-refractivity contribution >= 4 is 29.4 Å². The second-order valence-corrected chi connectivity index (χ2v) is 6.00. The minimum absolute atomic E-state index is 0.0225. The molecule has 0 aliphatic heterocycles. The van der Waals surface area contributed by atoms with Crippen LogP contribution in [0.2, 0.25) is 5.02 Å². The van der Waals surface area contributed by atoms with Gasteiger partial charge in [-0.2, -0.15) is 11.8 Å². The number of carbonyl (C=O) groups is 1. The fourth-order valence-corrected chi connectivity index (χ4v) is 2.68. The maximum Gasteiger partial charge on any atom is 0.315 e. The van der Waals surface area contributed by atoms with Crippen LogP contribution in [0.3, 0.4) is 0 Å². The summed E-state index contributed by atoms with van der Waals surface area (Å²) in [6, 6.07) is 3.64. The summed E-state index contributed by atoms with van der Waals surface area (Å²) in [5, 5.41) is 14.6. The Kier molecular flexibility index (Phi) is 7.85. The summed E-state index contributed by atoms with van der Waals surface area (Å²) in [6.07, 6.45) is 2.44. The highest BCUT2D eigenvalue weighted by Crippen LogP contribution is 2.20. The molecular weight excluding hydrogens is 315 g/mol. The molecule has 1 rings (SSSR count). The molecule has 0 aliphatic carbocycles. The second kappa shape index (κ2) is 9.12. The topological polar surface area (TPSA) is 61.4 Å². The van der Waals surface area contributed by atoms with E-state index in [9.17, 15) is 9.18 Å². The molecule has 0 radical (unpaired) electrons. The van der Waals surface area contributed by atoms with E-state index in [2.05, 4.69) is 10.6 Å². The third-order valence-corrected chi connectivity index (χ3v) is 4.00. The molecule has 0 spiro atoms. The number of halogens is 2. The van der Waals surface area contributed by atoms with Gasteiger partial charge in [-0.05, 0) is 37.3 Å². The second-order valence-electron chi connectivity index (χ2n) is 4.68. The van der Waals surface area contributed by atoms with Crippen molar-refractivity contribution in [3.8, 4) is 0 Å². The molecule has 0 bridgehead atoms. The predicted octanol–water partition coefficient (Wildman–Crippen LogP) is 2.95. The highest BCUT2D eigenvalue weighted by molar-refractivity contribution is 7.98. The molecule has 2 amide bonds. The van der Waals surface area contributed by atoms with Gasteiger partial charge >= 0.3 is 6.03 Å². The van der Waals surface area contributed by atoms with E-state index >= 15 is 0 Å². The number of carbonyl (C=O) groups excluding carboxylic acids is 1. The summed E-state index contributed by atoms with van der Waals surface area (Å²) < 4.78 is 13.1. The van der Waals surface area contributed by atoms with Crippen LogP contribution in [0.4, 0.5) is 9.18 Å². The molecule has 0 saturated carbocycles. The summed E-state index contributed by atoms with van der Waals surface area (Å²) in [7, 11) is 0. The van der Waals surface area contributed by atoms with Gasteiger partial charge in [0.2, 0.25) is 0 Å². The maximum absolute atomic E-state index is 13.1. The van der Waals surface area contributed by atoms with E-state index in [0.717, 1.165) is 11.3 Å². The van der Waals surface area contributed by atoms with Gasteiger partial charge in [0.05, 0.1) is 11.1 Å². The fraction of sp³-hybridized carbons (Fsp3) is 0.500. The summed E-state index contributed by atoms with van der Waals surface area (Å²) in [4.78, 5) is 11.9. The molecule has 3 N–H and O–H groups in total. The monoisotopic (exact) mass is 334 g/mol. The number of thioether (sulfide) groups is 1. The lowest BCUT2D eigenvalue weighted by molar-refractivity contribution is 0.229. The van der Waals surface area contributed by atoms with Crippen LogP contribution in [-0.2, 0) is 0 Å². The van der Waals surface area contributed by atoms with Gasteiger partial charge in [-0.15, -0.1) is 0 Å². The van der Waals surface area contributed by atoms with Crippen molar-refractivity contribution in [1.29, 1.82) is 0 Å². The smallest absolute Gasteiger partial charge is 0.315 e. The van der Waals surface area contributed by atoms with Gasteiger partial charge in [-0.3, -0.25) is 0 Å². The van der Waals surface area contributed by atoms with Gasteiger partial charge in [0.25, 0.3) is 0 Å². The first-order valence-corrected chi connectivity index (χ1v) is 8.36. The fourth-order valence-electron chi connectivity index (χ4n) is 1.84. The largest absolute Gasteiger partial charge is 0.396 e. The number of hydrogen-bond donors (Lipinski definition) is 3. The van der Waals surface area contributed by atoms with E-state index in [4.69, 9.17) is 16.7 Å². The van der Waals surface area contributed by atoms with E-state index in [-0.39, 0.29) is 29.7 Å². The molecule has 4 nitrogen and oxygen atoms in total. The van der Waals surface area contributed by atoms with E-state index in [1.807, 2.05) is 6.26 Å². The van der Waals surface area contributed by atoms with Crippen LogP contribution in [0.15, 0.2) is 18.2 Å².